The number of aliphatic hydroxyl groups excluding tert-OH is 1. The largest absolute Gasteiger partial charge is 0.392 e. The molecule has 2 saturated carbocycles. The molecule has 2 heteroatoms. The van der Waals surface area contributed by atoms with Gasteiger partial charge in [0.2, 0.25) is 0 Å². The third-order valence-electron chi connectivity index (χ3n) is 4.66. The lowest BCUT2D eigenvalue weighted by molar-refractivity contribution is 0.0883. The van der Waals surface area contributed by atoms with Gasteiger partial charge in [-0.2, -0.15) is 0 Å². The van der Waals surface area contributed by atoms with Crippen LogP contribution in [-0.4, -0.2) is 17.3 Å². The van der Waals surface area contributed by atoms with Crippen LogP contribution in [0.4, 0.5) is 0 Å². The summed E-state index contributed by atoms with van der Waals surface area (Å²) in [7, 11) is 0. The normalized spacial score (nSPS) is 45.4. The standard InChI is InChI=1S/C12H23NO/c1-7-9-3-4-10(5-9)11(7)6-12(14)8(2)13/h7-12,14H,3-6,13H2,1-2H3/t7-,8+,9?,10?,11-,12+/m1/s1. The Bertz CT molecular complexity index is 202. The topological polar surface area (TPSA) is 46.2 Å². The van der Waals surface area contributed by atoms with Gasteiger partial charge in [0.15, 0.2) is 0 Å². The van der Waals surface area contributed by atoms with Crippen molar-refractivity contribution in [3.63, 3.8) is 0 Å². The summed E-state index contributed by atoms with van der Waals surface area (Å²) >= 11 is 0. The lowest BCUT2D eigenvalue weighted by Crippen LogP contribution is -2.35. The zero-order valence-electron chi connectivity index (χ0n) is 9.32. The molecule has 6 atom stereocenters. The van der Waals surface area contributed by atoms with E-state index in [1.54, 1.807) is 0 Å². The van der Waals surface area contributed by atoms with Gasteiger partial charge in [-0.05, 0) is 56.3 Å². The first kappa shape index (κ1) is 10.4. The molecule has 2 nitrogen and oxygen atoms in total. The smallest absolute Gasteiger partial charge is 0.0691 e. The number of hydrogen-bond donors (Lipinski definition) is 2. The molecule has 14 heavy (non-hydrogen) atoms. The van der Waals surface area contributed by atoms with E-state index in [2.05, 4.69) is 6.92 Å². The lowest BCUT2D eigenvalue weighted by atomic mass is 9.77. The second kappa shape index (κ2) is 3.82. The average molecular weight is 197 g/mol. The number of nitrogens with two attached hydrogens (primary N) is 1. The highest BCUT2D eigenvalue weighted by molar-refractivity contribution is 4.95. The average Bonchev–Trinajstić information content (AvgIpc) is 2.69. The van der Waals surface area contributed by atoms with Gasteiger partial charge in [-0.15, -0.1) is 0 Å². The summed E-state index contributed by atoms with van der Waals surface area (Å²) in [6.45, 7) is 4.27. The number of rotatable bonds is 3. The Labute approximate surface area is 86.9 Å². The second-order valence-electron chi connectivity index (χ2n) is 5.52. The van der Waals surface area contributed by atoms with Crippen LogP contribution >= 0.6 is 0 Å². The van der Waals surface area contributed by atoms with Crippen LogP contribution < -0.4 is 5.73 Å². The van der Waals surface area contributed by atoms with Crippen LogP contribution in [-0.2, 0) is 0 Å². The van der Waals surface area contributed by atoms with Gasteiger partial charge in [-0.3, -0.25) is 0 Å². The van der Waals surface area contributed by atoms with Crippen LogP contribution in [0.3, 0.4) is 0 Å². The summed E-state index contributed by atoms with van der Waals surface area (Å²) in [4.78, 5) is 0. The highest BCUT2D eigenvalue weighted by Crippen LogP contribution is 2.53. The van der Waals surface area contributed by atoms with Gasteiger partial charge in [0.05, 0.1) is 6.10 Å². The predicted octanol–water partition coefficient (Wildman–Crippen LogP) is 1.77. The highest BCUT2D eigenvalue weighted by Gasteiger charge is 2.45. The van der Waals surface area contributed by atoms with Crippen molar-refractivity contribution < 1.29 is 5.11 Å². The van der Waals surface area contributed by atoms with Gasteiger partial charge in [-0.1, -0.05) is 6.92 Å². The molecule has 2 aliphatic rings. The van der Waals surface area contributed by atoms with E-state index >= 15 is 0 Å². The number of hydrogen-bond acceptors (Lipinski definition) is 2. The van der Waals surface area contributed by atoms with E-state index in [9.17, 15) is 5.11 Å². The molecule has 0 heterocycles. The monoisotopic (exact) mass is 197 g/mol. The van der Waals surface area contributed by atoms with Gasteiger partial charge >= 0.3 is 0 Å². The van der Waals surface area contributed by atoms with E-state index in [0.29, 0.717) is 0 Å². The van der Waals surface area contributed by atoms with E-state index in [-0.39, 0.29) is 12.1 Å². The predicted molar refractivity (Wildman–Crippen MR) is 57.8 cm³/mol. The number of aliphatic hydroxyl groups is 1. The van der Waals surface area contributed by atoms with Gasteiger partial charge < -0.3 is 10.8 Å². The van der Waals surface area contributed by atoms with Gasteiger partial charge in [0.1, 0.15) is 0 Å². The minimum Gasteiger partial charge on any atom is -0.392 e. The van der Waals surface area contributed by atoms with Crippen molar-refractivity contribution in [2.24, 2.45) is 29.4 Å². The fourth-order valence-electron chi connectivity index (χ4n) is 3.60. The van der Waals surface area contributed by atoms with Gasteiger partial charge in [0.25, 0.3) is 0 Å². The van der Waals surface area contributed by atoms with E-state index in [1.807, 2.05) is 6.92 Å². The SMILES string of the molecule is C[C@H](N)[C@@H](O)C[C@H]1C2CCC(C2)[C@H]1C. The summed E-state index contributed by atoms with van der Waals surface area (Å²) in [6.07, 6.45) is 4.88. The Kier molecular flexibility index (Phi) is 2.85. The van der Waals surface area contributed by atoms with Crippen molar-refractivity contribution >= 4 is 0 Å². The van der Waals surface area contributed by atoms with Crippen molar-refractivity contribution in [3.8, 4) is 0 Å². The molecule has 0 aromatic rings. The molecule has 0 radical (unpaired) electrons. The molecule has 0 aromatic carbocycles. The fraction of sp³-hybridized carbons (Fsp3) is 1.00. The van der Waals surface area contributed by atoms with Gasteiger partial charge in [-0.25, -0.2) is 0 Å². The third-order valence-corrected chi connectivity index (χ3v) is 4.66. The fourth-order valence-corrected chi connectivity index (χ4v) is 3.60. The van der Waals surface area contributed by atoms with Crippen LogP contribution in [0.2, 0.25) is 0 Å². The van der Waals surface area contributed by atoms with Crippen molar-refractivity contribution in [1.82, 2.24) is 0 Å². The van der Waals surface area contributed by atoms with Crippen molar-refractivity contribution in [1.29, 1.82) is 0 Å². The Hall–Kier alpha value is -0.0800. The maximum absolute atomic E-state index is 9.81. The zero-order valence-corrected chi connectivity index (χ0v) is 9.32. The van der Waals surface area contributed by atoms with Crippen LogP contribution in [0, 0.1) is 23.7 Å². The Balaban J connectivity index is 1.92. The molecule has 0 aliphatic heterocycles. The molecule has 0 spiro atoms. The summed E-state index contributed by atoms with van der Waals surface area (Å²) in [5.74, 6) is 3.41. The molecule has 2 fully saturated rings. The first-order chi connectivity index (χ1) is 6.59. The molecule has 3 N–H and O–H groups in total. The zero-order chi connectivity index (χ0) is 10.3. The van der Waals surface area contributed by atoms with Crippen molar-refractivity contribution in [2.75, 3.05) is 0 Å². The van der Waals surface area contributed by atoms with E-state index in [1.165, 1.54) is 19.3 Å². The van der Waals surface area contributed by atoms with Crippen LogP contribution in [0.15, 0.2) is 0 Å². The summed E-state index contributed by atoms with van der Waals surface area (Å²) in [6, 6.07) is -0.0682. The first-order valence-corrected chi connectivity index (χ1v) is 6.03. The number of fused-ring (bicyclic) bond motifs is 2. The third kappa shape index (κ3) is 1.70. The molecule has 0 saturated heterocycles. The van der Waals surface area contributed by atoms with Crippen LogP contribution in [0.5, 0.6) is 0 Å². The molecular weight excluding hydrogens is 174 g/mol. The summed E-state index contributed by atoms with van der Waals surface area (Å²) in [5.41, 5.74) is 5.71. The van der Waals surface area contributed by atoms with Crippen molar-refractivity contribution in [3.05, 3.63) is 0 Å². The van der Waals surface area contributed by atoms with E-state index < -0.39 is 0 Å². The minimum absolute atomic E-state index is 0.0682. The quantitative estimate of drug-likeness (QED) is 0.724. The van der Waals surface area contributed by atoms with Crippen LogP contribution in [0.25, 0.3) is 0 Å². The molecule has 2 unspecified atom stereocenters. The van der Waals surface area contributed by atoms with Gasteiger partial charge in [0, 0.05) is 6.04 Å². The minimum atomic E-state index is -0.290. The highest BCUT2D eigenvalue weighted by atomic mass is 16.3. The molecule has 0 aromatic heterocycles. The molecule has 82 valence electrons. The first-order valence-electron chi connectivity index (χ1n) is 6.03. The van der Waals surface area contributed by atoms with E-state index in [4.69, 9.17) is 5.73 Å². The maximum atomic E-state index is 9.81. The maximum Gasteiger partial charge on any atom is 0.0691 e. The molecule has 2 aliphatic carbocycles. The molecule has 0 amide bonds. The van der Waals surface area contributed by atoms with Crippen molar-refractivity contribution in [2.45, 2.75) is 51.7 Å². The van der Waals surface area contributed by atoms with E-state index in [0.717, 1.165) is 30.1 Å². The van der Waals surface area contributed by atoms with Crippen LogP contribution in [0.1, 0.15) is 39.5 Å². The summed E-state index contributed by atoms with van der Waals surface area (Å²) in [5, 5.41) is 9.81. The second-order valence-corrected chi connectivity index (χ2v) is 5.52. The Morgan fingerprint density at radius 1 is 1.36 bits per heavy atom. The Morgan fingerprint density at radius 3 is 2.50 bits per heavy atom. The molecular formula is C12H23NO. The summed E-state index contributed by atoms with van der Waals surface area (Å²) < 4.78 is 0. The molecule has 2 rings (SSSR count). The lowest BCUT2D eigenvalue weighted by Gasteiger charge is -2.30. The molecule has 2 bridgehead atoms. The Morgan fingerprint density at radius 2 is 2.00 bits per heavy atom.